The molecule has 7 heteroatoms. The second-order valence-electron chi connectivity index (χ2n) is 5.91. The molecular formula is C18H22Br2N2O2S. The lowest BCUT2D eigenvalue weighted by Gasteiger charge is -2.31. The van der Waals surface area contributed by atoms with Gasteiger partial charge in [0.25, 0.3) is 0 Å². The molecule has 1 unspecified atom stereocenters. The van der Waals surface area contributed by atoms with Crippen molar-refractivity contribution in [1.29, 1.82) is 0 Å². The Hall–Kier alpha value is -0.600. The number of ether oxygens (including phenoxy) is 2. The van der Waals surface area contributed by atoms with E-state index in [1.807, 2.05) is 6.07 Å². The first-order valence-corrected chi connectivity index (χ1v) is 10.7. The van der Waals surface area contributed by atoms with Crippen LogP contribution in [0.1, 0.15) is 22.9 Å². The highest BCUT2D eigenvalue weighted by molar-refractivity contribution is 9.11. The molecule has 1 atom stereocenters. The van der Waals surface area contributed by atoms with E-state index in [-0.39, 0.29) is 6.04 Å². The van der Waals surface area contributed by atoms with Gasteiger partial charge >= 0.3 is 0 Å². The van der Waals surface area contributed by atoms with Crippen LogP contribution < -0.4 is 14.8 Å². The number of hydrogen-bond acceptors (Lipinski definition) is 5. The van der Waals surface area contributed by atoms with E-state index < -0.39 is 0 Å². The highest BCUT2D eigenvalue weighted by atomic mass is 79.9. The highest BCUT2D eigenvalue weighted by Gasteiger charge is 2.27. The molecule has 1 N–H and O–H groups in total. The van der Waals surface area contributed by atoms with Gasteiger partial charge in [0, 0.05) is 29.0 Å². The largest absolute Gasteiger partial charge is 0.493 e. The molecule has 1 aliphatic rings. The summed E-state index contributed by atoms with van der Waals surface area (Å²) in [5.74, 6) is 1.50. The molecule has 1 aromatic heterocycles. The molecule has 1 fully saturated rings. The van der Waals surface area contributed by atoms with E-state index in [2.05, 4.69) is 60.3 Å². The second-order valence-corrected chi connectivity index (χ2v) is 9.26. The molecule has 0 amide bonds. The fourth-order valence-electron chi connectivity index (χ4n) is 3.21. The van der Waals surface area contributed by atoms with Gasteiger partial charge in [0.1, 0.15) is 0 Å². The summed E-state index contributed by atoms with van der Waals surface area (Å²) in [5, 5.41) is 3.49. The van der Waals surface area contributed by atoms with Crippen molar-refractivity contribution >= 4 is 43.2 Å². The average molecular weight is 490 g/mol. The number of hydrogen-bond donors (Lipinski definition) is 1. The minimum Gasteiger partial charge on any atom is -0.493 e. The molecule has 136 valence electrons. The van der Waals surface area contributed by atoms with Crippen LogP contribution in [0.25, 0.3) is 0 Å². The Balaban J connectivity index is 2.07. The molecule has 0 bridgehead atoms. The molecular weight excluding hydrogens is 468 g/mol. The third-order valence-corrected chi connectivity index (χ3v) is 6.76. The van der Waals surface area contributed by atoms with Crippen LogP contribution in [0.15, 0.2) is 32.5 Å². The number of nitrogens with zero attached hydrogens (tertiary/aromatic N) is 1. The first-order chi connectivity index (χ1) is 12.1. The third kappa shape index (κ3) is 4.39. The van der Waals surface area contributed by atoms with Gasteiger partial charge in [-0.05, 0) is 58.7 Å². The quantitative estimate of drug-likeness (QED) is 0.661. The molecule has 0 saturated carbocycles. The van der Waals surface area contributed by atoms with Crippen LogP contribution in [-0.4, -0.2) is 45.3 Å². The summed E-state index contributed by atoms with van der Waals surface area (Å²) >= 11 is 9.16. The Morgan fingerprint density at radius 1 is 1.08 bits per heavy atom. The van der Waals surface area contributed by atoms with Crippen LogP contribution in [-0.2, 0) is 0 Å². The number of methoxy groups -OCH3 is 2. The zero-order valence-electron chi connectivity index (χ0n) is 14.4. The van der Waals surface area contributed by atoms with Gasteiger partial charge in [-0.3, -0.25) is 4.90 Å². The standard InChI is InChI=1S/C18H22Br2N2O2S/c1-23-14-10-12(13(19)11-15(14)24-2)18(16-4-5-17(20)25-16)22-8-3-6-21-7-9-22/h4-5,10-11,18,21H,3,6-9H2,1-2H3. The van der Waals surface area contributed by atoms with Gasteiger partial charge < -0.3 is 14.8 Å². The van der Waals surface area contributed by atoms with E-state index >= 15 is 0 Å². The Bertz CT molecular complexity index is 715. The summed E-state index contributed by atoms with van der Waals surface area (Å²) in [6.07, 6.45) is 1.15. The maximum atomic E-state index is 5.55. The fraction of sp³-hybridized carbons (Fsp3) is 0.444. The Morgan fingerprint density at radius 2 is 1.84 bits per heavy atom. The van der Waals surface area contributed by atoms with Gasteiger partial charge in [0.2, 0.25) is 0 Å². The summed E-state index contributed by atoms with van der Waals surface area (Å²) in [6.45, 7) is 4.16. The summed E-state index contributed by atoms with van der Waals surface area (Å²) in [7, 11) is 3.35. The first-order valence-electron chi connectivity index (χ1n) is 8.25. The molecule has 1 aromatic carbocycles. The van der Waals surface area contributed by atoms with E-state index in [1.165, 1.54) is 10.4 Å². The number of halogens is 2. The van der Waals surface area contributed by atoms with Crippen LogP contribution in [0.4, 0.5) is 0 Å². The number of benzene rings is 1. The zero-order chi connectivity index (χ0) is 17.8. The smallest absolute Gasteiger partial charge is 0.161 e. The minimum atomic E-state index is 0.186. The molecule has 0 spiro atoms. The summed E-state index contributed by atoms with van der Waals surface area (Å²) in [6, 6.07) is 8.61. The molecule has 4 nitrogen and oxygen atoms in total. The summed E-state index contributed by atoms with van der Waals surface area (Å²) < 4.78 is 13.2. The fourth-order valence-corrected chi connectivity index (χ4v) is 5.33. The second kappa shape index (κ2) is 8.86. The van der Waals surface area contributed by atoms with Gasteiger partial charge in [-0.15, -0.1) is 11.3 Å². The van der Waals surface area contributed by atoms with Crippen LogP contribution in [0.5, 0.6) is 11.5 Å². The molecule has 0 radical (unpaired) electrons. The van der Waals surface area contributed by atoms with E-state index in [1.54, 1.807) is 25.6 Å². The topological polar surface area (TPSA) is 33.7 Å². The SMILES string of the molecule is COc1cc(Br)c(C(c2ccc(Br)s2)N2CCCNCC2)cc1OC. The van der Waals surface area contributed by atoms with Crippen molar-refractivity contribution in [2.45, 2.75) is 12.5 Å². The average Bonchev–Trinajstić information content (AvgIpc) is 2.87. The van der Waals surface area contributed by atoms with Crippen molar-refractivity contribution < 1.29 is 9.47 Å². The van der Waals surface area contributed by atoms with Crippen molar-refractivity contribution in [2.24, 2.45) is 0 Å². The normalized spacial score (nSPS) is 17.1. The molecule has 2 aromatic rings. The van der Waals surface area contributed by atoms with Crippen molar-refractivity contribution in [3.63, 3.8) is 0 Å². The lowest BCUT2D eigenvalue weighted by molar-refractivity contribution is 0.242. The molecule has 0 aliphatic carbocycles. The highest BCUT2D eigenvalue weighted by Crippen LogP contribution is 2.42. The Morgan fingerprint density at radius 3 is 2.52 bits per heavy atom. The number of thiophene rings is 1. The van der Waals surface area contributed by atoms with Gasteiger partial charge in [-0.2, -0.15) is 0 Å². The lowest BCUT2D eigenvalue weighted by Crippen LogP contribution is -2.32. The van der Waals surface area contributed by atoms with E-state index in [0.717, 1.165) is 52.4 Å². The number of rotatable bonds is 5. The molecule has 3 rings (SSSR count). The van der Waals surface area contributed by atoms with Crippen molar-refractivity contribution in [3.8, 4) is 11.5 Å². The van der Waals surface area contributed by atoms with Gasteiger partial charge in [-0.1, -0.05) is 15.9 Å². The summed E-state index contributed by atoms with van der Waals surface area (Å²) in [4.78, 5) is 3.87. The van der Waals surface area contributed by atoms with E-state index in [9.17, 15) is 0 Å². The van der Waals surface area contributed by atoms with Crippen LogP contribution in [0.2, 0.25) is 0 Å². The van der Waals surface area contributed by atoms with Crippen molar-refractivity contribution in [1.82, 2.24) is 10.2 Å². The van der Waals surface area contributed by atoms with Crippen LogP contribution in [0, 0.1) is 0 Å². The van der Waals surface area contributed by atoms with Crippen molar-refractivity contribution in [2.75, 3.05) is 40.4 Å². The first kappa shape index (κ1) is 19.2. The Kier molecular flexibility index (Phi) is 6.79. The predicted molar refractivity (Wildman–Crippen MR) is 110 cm³/mol. The minimum absolute atomic E-state index is 0.186. The van der Waals surface area contributed by atoms with Gasteiger partial charge in [-0.25, -0.2) is 0 Å². The monoisotopic (exact) mass is 488 g/mol. The maximum absolute atomic E-state index is 5.55. The van der Waals surface area contributed by atoms with Gasteiger partial charge in [0.15, 0.2) is 11.5 Å². The van der Waals surface area contributed by atoms with E-state index in [4.69, 9.17) is 9.47 Å². The lowest BCUT2D eigenvalue weighted by atomic mass is 10.0. The molecule has 1 aliphatic heterocycles. The van der Waals surface area contributed by atoms with Crippen LogP contribution >= 0.6 is 43.2 Å². The van der Waals surface area contributed by atoms with Gasteiger partial charge in [0.05, 0.1) is 24.0 Å². The van der Waals surface area contributed by atoms with E-state index in [0.29, 0.717) is 0 Å². The maximum Gasteiger partial charge on any atom is 0.161 e. The zero-order valence-corrected chi connectivity index (χ0v) is 18.3. The molecule has 2 heterocycles. The summed E-state index contributed by atoms with van der Waals surface area (Å²) in [5.41, 5.74) is 1.20. The van der Waals surface area contributed by atoms with Crippen molar-refractivity contribution in [3.05, 3.63) is 43.0 Å². The third-order valence-electron chi connectivity index (χ3n) is 4.40. The molecule has 1 saturated heterocycles. The van der Waals surface area contributed by atoms with Crippen LogP contribution in [0.3, 0.4) is 0 Å². The predicted octanol–water partition coefficient (Wildman–Crippen LogP) is 4.68. The molecule has 25 heavy (non-hydrogen) atoms. The number of nitrogens with one attached hydrogen (secondary N) is 1. The Labute approximate surface area is 169 Å².